The van der Waals surface area contributed by atoms with E-state index in [0.717, 1.165) is 38.3 Å². The first-order valence-corrected chi connectivity index (χ1v) is 8.06. The molecule has 0 aromatic carbocycles. The molecule has 1 saturated heterocycles. The lowest BCUT2D eigenvalue weighted by Gasteiger charge is -2.31. The number of hydrogen-bond donors (Lipinski definition) is 1. The number of rotatable bonds is 4. The highest BCUT2D eigenvalue weighted by Gasteiger charge is 2.30. The number of hydrogen-bond acceptors (Lipinski definition) is 4. The highest BCUT2D eigenvalue weighted by molar-refractivity contribution is 5.75. The first-order valence-electron chi connectivity index (χ1n) is 8.06. The van der Waals surface area contributed by atoms with Crippen LogP contribution < -0.4 is 0 Å². The minimum atomic E-state index is -0.773. The van der Waals surface area contributed by atoms with Gasteiger partial charge in [-0.2, -0.15) is 5.10 Å². The summed E-state index contributed by atoms with van der Waals surface area (Å²) in [5, 5.41) is 13.8. The Kier molecular flexibility index (Phi) is 4.24. The molecule has 1 aromatic rings. The molecule has 2 aliphatic heterocycles. The lowest BCUT2D eigenvalue weighted by atomic mass is 9.94. The summed E-state index contributed by atoms with van der Waals surface area (Å²) >= 11 is 0. The lowest BCUT2D eigenvalue weighted by Crippen LogP contribution is -2.36. The van der Waals surface area contributed by atoms with Crippen molar-refractivity contribution in [1.82, 2.24) is 19.7 Å². The van der Waals surface area contributed by atoms with Gasteiger partial charge in [0.1, 0.15) is 11.7 Å². The van der Waals surface area contributed by atoms with E-state index in [1.165, 1.54) is 19.4 Å². The summed E-state index contributed by atoms with van der Waals surface area (Å²) in [5.41, 5.74) is 0. The normalized spacial score (nSPS) is 26.5. The molecular formula is C15H24N4O2. The summed E-state index contributed by atoms with van der Waals surface area (Å²) in [6.45, 7) is 6.42. The number of nitrogens with zero attached hydrogens (tertiary/aromatic N) is 4. The van der Waals surface area contributed by atoms with Gasteiger partial charge in [-0.1, -0.05) is 6.92 Å². The number of piperidine rings is 1. The van der Waals surface area contributed by atoms with Crippen molar-refractivity contribution in [3.05, 3.63) is 11.6 Å². The summed E-state index contributed by atoms with van der Waals surface area (Å²) in [6.07, 6.45) is 4.90. The zero-order valence-electron chi connectivity index (χ0n) is 12.7. The summed E-state index contributed by atoms with van der Waals surface area (Å²) in [5.74, 6) is 0.850. The summed E-state index contributed by atoms with van der Waals surface area (Å²) < 4.78 is 1.82. The fourth-order valence-corrected chi connectivity index (χ4v) is 3.58. The minimum absolute atomic E-state index is 0.474. The molecule has 3 rings (SSSR count). The standard InChI is InChI=1S/C15H24N4O2/c1-2-18-7-3-5-11(10-18)9-13-16-14-12(15(20)21)6-4-8-19(14)17-13/h11-12H,2-10H2,1H3,(H,20,21). The van der Waals surface area contributed by atoms with E-state index in [-0.39, 0.29) is 0 Å². The van der Waals surface area contributed by atoms with Crippen LogP contribution >= 0.6 is 0 Å². The molecule has 116 valence electrons. The van der Waals surface area contributed by atoms with E-state index in [0.29, 0.717) is 18.2 Å². The van der Waals surface area contributed by atoms with Crippen molar-refractivity contribution in [2.75, 3.05) is 19.6 Å². The van der Waals surface area contributed by atoms with Crippen LogP contribution in [0.1, 0.15) is 50.2 Å². The van der Waals surface area contributed by atoms with Gasteiger partial charge in [-0.25, -0.2) is 9.67 Å². The third-order valence-electron chi connectivity index (χ3n) is 4.74. The van der Waals surface area contributed by atoms with Crippen LogP contribution in [0.2, 0.25) is 0 Å². The molecule has 21 heavy (non-hydrogen) atoms. The molecule has 2 aliphatic rings. The Morgan fingerprint density at radius 3 is 2.90 bits per heavy atom. The number of aliphatic carboxylic acids is 1. The molecule has 2 atom stereocenters. The van der Waals surface area contributed by atoms with Crippen molar-refractivity contribution < 1.29 is 9.90 Å². The molecule has 0 radical (unpaired) electrons. The van der Waals surface area contributed by atoms with Crippen LogP contribution in [-0.4, -0.2) is 50.4 Å². The largest absolute Gasteiger partial charge is 0.481 e. The Morgan fingerprint density at radius 2 is 2.14 bits per heavy atom. The van der Waals surface area contributed by atoms with E-state index in [1.54, 1.807) is 0 Å². The summed E-state index contributed by atoms with van der Waals surface area (Å²) in [4.78, 5) is 18.3. The van der Waals surface area contributed by atoms with Gasteiger partial charge in [0.15, 0.2) is 5.82 Å². The van der Waals surface area contributed by atoms with E-state index in [2.05, 4.69) is 21.9 Å². The van der Waals surface area contributed by atoms with Gasteiger partial charge < -0.3 is 10.0 Å². The van der Waals surface area contributed by atoms with Crippen LogP contribution in [0, 0.1) is 5.92 Å². The second-order valence-electron chi connectivity index (χ2n) is 6.25. The number of likely N-dealkylation sites (tertiary alicyclic amines) is 1. The average molecular weight is 292 g/mol. The van der Waals surface area contributed by atoms with Crippen molar-refractivity contribution in [2.45, 2.75) is 51.5 Å². The van der Waals surface area contributed by atoms with Crippen molar-refractivity contribution >= 4 is 5.97 Å². The Bertz CT molecular complexity index is 514. The molecule has 1 aromatic heterocycles. The van der Waals surface area contributed by atoms with Crippen molar-refractivity contribution in [3.8, 4) is 0 Å². The fourth-order valence-electron chi connectivity index (χ4n) is 3.58. The van der Waals surface area contributed by atoms with E-state index < -0.39 is 11.9 Å². The molecule has 2 unspecified atom stereocenters. The molecular weight excluding hydrogens is 268 g/mol. The molecule has 1 N–H and O–H groups in total. The van der Waals surface area contributed by atoms with Crippen LogP contribution in [0.25, 0.3) is 0 Å². The lowest BCUT2D eigenvalue weighted by molar-refractivity contribution is -0.139. The van der Waals surface area contributed by atoms with Gasteiger partial charge in [-0.05, 0) is 44.7 Å². The number of carboxylic acids is 1. The van der Waals surface area contributed by atoms with Crippen molar-refractivity contribution in [2.24, 2.45) is 5.92 Å². The highest BCUT2D eigenvalue weighted by Crippen LogP contribution is 2.27. The van der Waals surface area contributed by atoms with Crippen LogP contribution in [-0.2, 0) is 17.8 Å². The van der Waals surface area contributed by atoms with Gasteiger partial charge in [0.25, 0.3) is 0 Å². The maximum absolute atomic E-state index is 11.3. The average Bonchev–Trinajstić information content (AvgIpc) is 2.89. The van der Waals surface area contributed by atoms with Crippen molar-refractivity contribution in [3.63, 3.8) is 0 Å². The van der Waals surface area contributed by atoms with E-state index in [4.69, 9.17) is 0 Å². The number of carboxylic acid groups (broad SMARTS) is 1. The van der Waals surface area contributed by atoms with Gasteiger partial charge in [0.05, 0.1) is 0 Å². The molecule has 3 heterocycles. The number of aromatic nitrogens is 3. The summed E-state index contributed by atoms with van der Waals surface area (Å²) in [7, 11) is 0. The van der Waals surface area contributed by atoms with Gasteiger partial charge in [0.2, 0.25) is 0 Å². The zero-order chi connectivity index (χ0) is 14.8. The first-order chi connectivity index (χ1) is 10.2. The van der Waals surface area contributed by atoms with E-state index in [9.17, 15) is 9.90 Å². The molecule has 0 bridgehead atoms. The smallest absolute Gasteiger partial charge is 0.314 e. The Balaban J connectivity index is 1.71. The molecule has 6 heteroatoms. The molecule has 0 aliphatic carbocycles. The summed E-state index contributed by atoms with van der Waals surface area (Å²) in [6, 6.07) is 0. The van der Waals surface area contributed by atoms with Gasteiger partial charge in [-0.3, -0.25) is 4.79 Å². The fraction of sp³-hybridized carbons (Fsp3) is 0.800. The first kappa shape index (κ1) is 14.5. The number of fused-ring (bicyclic) bond motifs is 1. The van der Waals surface area contributed by atoms with Crippen LogP contribution in [0.5, 0.6) is 0 Å². The quantitative estimate of drug-likeness (QED) is 0.911. The van der Waals surface area contributed by atoms with Crippen LogP contribution in [0.15, 0.2) is 0 Å². The SMILES string of the molecule is CCN1CCCC(Cc2nc3n(n2)CCCC3C(=O)O)C1. The van der Waals surface area contributed by atoms with E-state index in [1.807, 2.05) is 4.68 Å². The molecule has 6 nitrogen and oxygen atoms in total. The second kappa shape index (κ2) is 6.13. The topological polar surface area (TPSA) is 71.2 Å². The molecule has 1 fully saturated rings. The van der Waals surface area contributed by atoms with Gasteiger partial charge in [-0.15, -0.1) is 0 Å². The Hall–Kier alpha value is -1.43. The third kappa shape index (κ3) is 3.10. The monoisotopic (exact) mass is 292 g/mol. The second-order valence-corrected chi connectivity index (χ2v) is 6.25. The van der Waals surface area contributed by atoms with Gasteiger partial charge in [0, 0.05) is 19.5 Å². The van der Waals surface area contributed by atoms with Crippen molar-refractivity contribution in [1.29, 1.82) is 0 Å². The zero-order valence-corrected chi connectivity index (χ0v) is 12.7. The number of carbonyl (C=O) groups is 1. The molecule has 0 saturated carbocycles. The third-order valence-corrected chi connectivity index (χ3v) is 4.74. The number of aryl methyl sites for hydroxylation is 1. The Labute approximate surface area is 125 Å². The van der Waals surface area contributed by atoms with Gasteiger partial charge >= 0.3 is 5.97 Å². The highest BCUT2D eigenvalue weighted by atomic mass is 16.4. The maximum Gasteiger partial charge on any atom is 0.314 e. The van der Waals surface area contributed by atoms with Crippen LogP contribution in [0.4, 0.5) is 0 Å². The Morgan fingerprint density at radius 1 is 1.33 bits per heavy atom. The predicted octanol–water partition coefficient (Wildman–Crippen LogP) is 1.51. The minimum Gasteiger partial charge on any atom is -0.481 e. The van der Waals surface area contributed by atoms with E-state index >= 15 is 0 Å². The van der Waals surface area contributed by atoms with Crippen LogP contribution in [0.3, 0.4) is 0 Å². The maximum atomic E-state index is 11.3. The molecule has 0 spiro atoms. The predicted molar refractivity (Wildman–Crippen MR) is 78.2 cm³/mol. The molecule has 0 amide bonds.